The van der Waals surface area contributed by atoms with Crippen molar-refractivity contribution in [2.75, 3.05) is 39.6 Å². The van der Waals surface area contributed by atoms with Crippen molar-refractivity contribution in [1.82, 2.24) is 0 Å². The smallest absolute Gasteiger partial charge is 0.135 e. The third kappa shape index (κ3) is 7.71. The summed E-state index contributed by atoms with van der Waals surface area (Å²) in [5, 5.41) is 14.2. The number of rotatable bonds is 16. The molecule has 0 saturated carbocycles. The molecule has 1 aliphatic heterocycles. The standard InChI is InChI=1S/C30H40O7/c1-5-6-13-32-23-11-12-27-28(14-23)29(31)25-9-7-8-10-26(25)30(27)37-17-22(4)34-15-20(2)33-16-21(3)35-18-24-19-36-24/h7-12,14,20-22,24,31H,5-6,13,15-19H2,1-4H3. The molecule has 1 heterocycles. The van der Waals surface area contributed by atoms with Crippen LogP contribution in [0.15, 0.2) is 42.5 Å². The molecule has 37 heavy (non-hydrogen) atoms. The summed E-state index contributed by atoms with van der Waals surface area (Å²) in [6.07, 6.45) is 2.11. The van der Waals surface area contributed by atoms with Gasteiger partial charge in [-0.15, -0.1) is 0 Å². The minimum atomic E-state index is -0.147. The number of phenols is 1. The Morgan fingerprint density at radius 3 is 2.19 bits per heavy atom. The first-order chi connectivity index (χ1) is 18.0. The van der Waals surface area contributed by atoms with Gasteiger partial charge in [-0.2, -0.15) is 0 Å². The number of aromatic hydroxyl groups is 1. The third-order valence-electron chi connectivity index (χ3n) is 6.35. The molecular formula is C30H40O7. The fourth-order valence-electron chi connectivity index (χ4n) is 4.06. The van der Waals surface area contributed by atoms with Gasteiger partial charge < -0.3 is 33.5 Å². The zero-order valence-electron chi connectivity index (χ0n) is 22.4. The maximum Gasteiger partial charge on any atom is 0.135 e. The molecule has 0 aromatic heterocycles. The molecule has 0 bridgehead atoms. The fraction of sp³-hybridized carbons (Fsp3) is 0.533. The van der Waals surface area contributed by atoms with E-state index >= 15 is 0 Å². The van der Waals surface area contributed by atoms with Crippen molar-refractivity contribution in [3.63, 3.8) is 0 Å². The van der Waals surface area contributed by atoms with Crippen LogP contribution in [-0.2, 0) is 18.9 Å². The number of epoxide rings is 1. The molecule has 0 radical (unpaired) electrons. The first-order valence-corrected chi connectivity index (χ1v) is 13.4. The quantitative estimate of drug-likeness (QED) is 0.146. The summed E-state index contributed by atoms with van der Waals surface area (Å²) in [4.78, 5) is 0. The Balaban J connectivity index is 1.36. The van der Waals surface area contributed by atoms with Gasteiger partial charge in [0.1, 0.15) is 30.0 Å². The van der Waals surface area contributed by atoms with Crippen molar-refractivity contribution in [3.8, 4) is 17.2 Å². The van der Waals surface area contributed by atoms with Crippen LogP contribution in [0.3, 0.4) is 0 Å². The molecule has 4 atom stereocenters. The summed E-state index contributed by atoms with van der Waals surface area (Å²) in [6.45, 7) is 11.5. The minimum Gasteiger partial charge on any atom is -0.507 e. The average molecular weight is 513 g/mol. The van der Waals surface area contributed by atoms with Crippen molar-refractivity contribution < 1.29 is 33.5 Å². The minimum absolute atomic E-state index is 0.0148. The largest absolute Gasteiger partial charge is 0.507 e. The number of unbranched alkanes of at least 4 members (excludes halogenated alkanes) is 1. The molecule has 0 amide bonds. The Morgan fingerprint density at radius 2 is 1.49 bits per heavy atom. The Morgan fingerprint density at radius 1 is 0.838 bits per heavy atom. The van der Waals surface area contributed by atoms with Crippen molar-refractivity contribution in [2.24, 2.45) is 0 Å². The van der Waals surface area contributed by atoms with Gasteiger partial charge in [-0.1, -0.05) is 37.6 Å². The molecular weight excluding hydrogens is 472 g/mol. The molecule has 1 aliphatic rings. The number of ether oxygens (including phenoxy) is 6. The van der Waals surface area contributed by atoms with Crippen molar-refractivity contribution >= 4 is 21.5 Å². The second-order valence-electron chi connectivity index (χ2n) is 9.83. The Kier molecular flexibility index (Phi) is 9.86. The van der Waals surface area contributed by atoms with Crippen LogP contribution in [0.5, 0.6) is 17.2 Å². The molecule has 4 unspecified atom stereocenters. The maximum absolute atomic E-state index is 11.0. The van der Waals surface area contributed by atoms with Gasteiger partial charge in [-0.05, 0) is 45.4 Å². The predicted molar refractivity (Wildman–Crippen MR) is 145 cm³/mol. The first kappa shape index (κ1) is 27.5. The van der Waals surface area contributed by atoms with E-state index in [1.807, 2.05) is 63.2 Å². The van der Waals surface area contributed by atoms with Crippen LogP contribution in [0.2, 0.25) is 0 Å². The van der Waals surface area contributed by atoms with Crippen LogP contribution in [0.1, 0.15) is 40.5 Å². The van der Waals surface area contributed by atoms with Crippen LogP contribution in [0.4, 0.5) is 0 Å². The molecule has 1 saturated heterocycles. The number of hydrogen-bond acceptors (Lipinski definition) is 7. The Labute approximate surface area is 219 Å². The first-order valence-electron chi connectivity index (χ1n) is 13.4. The summed E-state index contributed by atoms with van der Waals surface area (Å²) < 4.78 is 35.0. The van der Waals surface area contributed by atoms with Crippen LogP contribution >= 0.6 is 0 Å². The highest BCUT2D eigenvalue weighted by atomic mass is 16.6. The van der Waals surface area contributed by atoms with Gasteiger partial charge in [0.15, 0.2) is 0 Å². The summed E-state index contributed by atoms with van der Waals surface area (Å²) in [5.74, 6) is 1.70. The summed E-state index contributed by atoms with van der Waals surface area (Å²) in [6, 6.07) is 13.5. The molecule has 7 nitrogen and oxygen atoms in total. The van der Waals surface area contributed by atoms with Gasteiger partial charge in [0.05, 0.1) is 51.3 Å². The van der Waals surface area contributed by atoms with E-state index in [2.05, 4.69) is 6.92 Å². The Bertz CT molecular complexity index is 1140. The molecule has 0 aliphatic carbocycles. The lowest BCUT2D eigenvalue weighted by Gasteiger charge is -2.21. The molecule has 4 rings (SSSR count). The second-order valence-corrected chi connectivity index (χ2v) is 9.83. The van der Waals surface area contributed by atoms with Crippen LogP contribution in [0, 0.1) is 0 Å². The molecule has 1 N–H and O–H groups in total. The zero-order valence-corrected chi connectivity index (χ0v) is 22.4. The topological polar surface area (TPSA) is 78.9 Å². The number of benzene rings is 3. The van der Waals surface area contributed by atoms with Gasteiger partial charge in [0, 0.05) is 21.5 Å². The van der Waals surface area contributed by atoms with Gasteiger partial charge >= 0.3 is 0 Å². The highest BCUT2D eigenvalue weighted by Gasteiger charge is 2.23. The average Bonchev–Trinajstić information content (AvgIpc) is 3.74. The normalized spacial score (nSPS) is 17.6. The van der Waals surface area contributed by atoms with E-state index in [-0.39, 0.29) is 30.2 Å². The van der Waals surface area contributed by atoms with Crippen LogP contribution < -0.4 is 9.47 Å². The van der Waals surface area contributed by atoms with Gasteiger partial charge in [0.2, 0.25) is 0 Å². The lowest BCUT2D eigenvalue weighted by molar-refractivity contribution is -0.0740. The molecule has 202 valence electrons. The van der Waals surface area contributed by atoms with Crippen molar-refractivity contribution in [3.05, 3.63) is 42.5 Å². The number of fused-ring (bicyclic) bond motifs is 2. The molecule has 0 spiro atoms. The fourth-order valence-corrected chi connectivity index (χ4v) is 4.06. The van der Waals surface area contributed by atoms with Crippen molar-refractivity contribution in [2.45, 2.75) is 65.0 Å². The predicted octanol–water partition coefficient (Wildman–Crippen LogP) is 5.87. The molecule has 3 aromatic carbocycles. The summed E-state index contributed by atoms with van der Waals surface area (Å²) >= 11 is 0. The second kappa shape index (κ2) is 13.3. The van der Waals surface area contributed by atoms with Gasteiger partial charge in [-0.25, -0.2) is 0 Å². The lowest BCUT2D eigenvalue weighted by atomic mass is 10.0. The van der Waals surface area contributed by atoms with E-state index in [4.69, 9.17) is 28.4 Å². The van der Waals surface area contributed by atoms with E-state index < -0.39 is 0 Å². The number of phenolic OH excluding ortho intramolecular Hbond substituents is 1. The van der Waals surface area contributed by atoms with E-state index in [0.717, 1.165) is 47.1 Å². The Hall–Kier alpha value is -2.58. The lowest BCUT2D eigenvalue weighted by Crippen LogP contribution is -2.27. The highest BCUT2D eigenvalue weighted by molar-refractivity contribution is 6.11. The van der Waals surface area contributed by atoms with E-state index in [9.17, 15) is 5.11 Å². The zero-order chi connectivity index (χ0) is 26.2. The molecule has 1 fully saturated rings. The van der Waals surface area contributed by atoms with Gasteiger partial charge in [0.25, 0.3) is 0 Å². The monoisotopic (exact) mass is 512 g/mol. The maximum atomic E-state index is 11.0. The summed E-state index contributed by atoms with van der Waals surface area (Å²) in [5.41, 5.74) is 0. The van der Waals surface area contributed by atoms with E-state index in [0.29, 0.717) is 38.4 Å². The van der Waals surface area contributed by atoms with Crippen molar-refractivity contribution in [1.29, 1.82) is 0 Å². The summed E-state index contributed by atoms with van der Waals surface area (Å²) in [7, 11) is 0. The molecule has 3 aromatic rings. The number of hydrogen-bond donors (Lipinski definition) is 1. The van der Waals surface area contributed by atoms with Crippen LogP contribution in [-0.4, -0.2) is 69.2 Å². The third-order valence-corrected chi connectivity index (χ3v) is 6.35. The van der Waals surface area contributed by atoms with E-state index in [1.54, 1.807) is 0 Å². The van der Waals surface area contributed by atoms with Gasteiger partial charge in [-0.3, -0.25) is 0 Å². The van der Waals surface area contributed by atoms with E-state index in [1.165, 1.54) is 0 Å². The SMILES string of the molecule is CCCCOc1ccc2c(OCC(C)OCC(C)OCC(C)OCC3CO3)c3ccccc3c(O)c2c1. The van der Waals surface area contributed by atoms with Crippen LogP contribution in [0.25, 0.3) is 21.5 Å². The highest BCUT2D eigenvalue weighted by Crippen LogP contribution is 2.43. The molecule has 7 heteroatoms.